The summed E-state index contributed by atoms with van der Waals surface area (Å²) < 4.78 is 11.0. The Kier molecular flexibility index (Phi) is 5.71. The summed E-state index contributed by atoms with van der Waals surface area (Å²) in [7, 11) is 0. The highest BCUT2D eigenvalue weighted by Crippen LogP contribution is 2.43. The topological polar surface area (TPSA) is 48.3 Å². The van der Waals surface area contributed by atoms with E-state index in [1.54, 1.807) is 0 Å². The van der Waals surface area contributed by atoms with Crippen LogP contribution in [0.2, 0.25) is 0 Å². The fraction of sp³-hybridized carbons (Fsp3) is 0. The Balaban J connectivity index is 1.17. The lowest BCUT2D eigenvalue weighted by Gasteiger charge is -2.15. The van der Waals surface area contributed by atoms with E-state index >= 15 is 0 Å². The van der Waals surface area contributed by atoms with Gasteiger partial charge in [-0.1, -0.05) is 109 Å². The normalized spacial score (nSPS) is 12.2. The van der Waals surface area contributed by atoms with Gasteiger partial charge in [0.1, 0.15) is 16.8 Å². The minimum absolute atomic E-state index is 0.817. The highest BCUT2D eigenvalue weighted by Gasteiger charge is 2.23. The predicted octanol–water partition coefficient (Wildman–Crippen LogP) is 12.5. The molecule has 8 aromatic carbocycles. The fourth-order valence-electron chi connectivity index (χ4n) is 8.50. The van der Waals surface area contributed by atoms with Crippen LogP contribution in [-0.2, 0) is 0 Å². The summed E-state index contributed by atoms with van der Waals surface area (Å²) in [6.45, 7) is 0. The SMILES string of the molecule is c1ccc(-c2ccc3oc4ccc(-c5cc6c7ccccc7n(-c7nc8ccccc8c8nc9ccccc9n78)c6c6ccccc56)cc4c3c2)cc1. The summed E-state index contributed by atoms with van der Waals surface area (Å²) >= 11 is 0. The molecule has 5 nitrogen and oxygen atoms in total. The summed E-state index contributed by atoms with van der Waals surface area (Å²) in [6, 6.07) is 60.1. The van der Waals surface area contributed by atoms with Crippen molar-refractivity contribution < 1.29 is 4.42 Å². The Hall–Kier alpha value is -7.24. The van der Waals surface area contributed by atoms with Crippen molar-refractivity contribution in [1.29, 1.82) is 0 Å². The van der Waals surface area contributed by atoms with Gasteiger partial charge in [-0.3, -0.25) is 8.97 Å². The summed E-state index contributed by atoms with van der Waals surface area (Å²) in [5.41, 5.74) is 12.5. The Morgan fingerprint density at radius 2 is 1.02 bits per heavy atom. The van der Waals surface area contributed by atoms with Gasteiger partial charge in [-0.25, -0.2) is 9.97 Å². The second-order valence-corrected chi connectivity index (χ2v) is 13.8. The maximum Gasteiger partial charge on any atom is 0.221 e. The minimum atomic E-state index is 0.817. The molecule has 4 heterocycles. The zero-order valence-electron chi connectivity index (χ0n) is 28.4. The first-order valence-corrected chi connectivity index (χ1v) is 17.9. The van der Waals surface area contributed by atoms with Gasteiger partial charge in [0.15, 0.2) is 0 Å². The molecule has 0 unspecified atom stereocenters. The molecule has 0 bridgehead atoms. The lowest BCUT2D eigenvalue weighted by molar-refractivity contribution is 0.669. The molecule has 0 aliphatic carbocycles. The van der Waals surface area contributed by atoms with E-state index in [1.165, 1.54) is 32.8 Å². The summed E-state index contributed by atoms with van der Waals surface area (Å²) in [5.74, 6) is 0.817. The van der Waals surface area contributed by atoms with Crippen LogP contribution in [0.4, 0.5) is 0 Å². The molecule has 0 aliphatic rings. The zero-order valence-corrected chi connectivity index (χ0v) is 28.4. The lowest BCUT2D eigenvalue weighted by Crippen LogP contribution is -2.06. The van der Waals surface area contributed by atoms with Crippen molar-refractivity contribution in [3.8, 4) is 28.2 Å². The molecule has 0 aliphatic heterocycles. The van der Waals surface area contributed by atoms with Crippen molar-refractivity contribution in [2.24, 2.45) is 0 Å². The zero-order chi connectivity index (χ0) is 34.6. The molecule has 12 rings (SSSR count). The molecular formula is C48H28N4O. The maximum atomic E-state index is 6.37. The van der Waals surface area contributed by atoms with Crippen molar-refractivity contribution in [1.82, 2.24) is 18.9 Å². The molecule has 0 radical (unpaired) electrons. The van der Waals surface area contributed by atoms with Crippen LogP contribution in [0, 0.1) is 0 Å². The highest BCUT2D eigenvalue weighted by atomic mass is 16.3. The summed E-state index contributed by atoms with van der Waals surface area (Å²) in [4.78, 5) is 10.6. The van der Waals surface area contributed by atoms with E-state index in [9.17, 15) is 0 Å². The molecule has 0 fully saturated rings. The van der Waals surface area contributed by atoms with Gasteiger partial charge in [0.25, 0.3) is 0 Å². The molecule has 5 heteroatoms. The molecule has 12 aromatic rings. The lowest BCUT2D eigenvalue weighted by atomic mass is 9.94. The number of aromatic nitrogens is 4. The van der Waals surface area contributed by atoms with Crippen LogP contribution in [0.5, 0.6) is 0 Å². The quantitative estimate of drug-likeness (QED) is 0.187. The number of benzene rings is 8. The van der Waals surface area contributed by atoms with Crippen LogP contribution < -0.4 is 0 Å². The van der Waals surface area contributed by atoms with E-state index in [2.05, 4.69) is 167 Å². The van der Waals surface area contributed by atoms with Gasteiger partial charge >= 0.3 is 0 Å². The Labute approximate surface area is 302 Å². The van der Waals surface area contributed by atoms with Crippen LogP contribution in [0.15, 0.2) is 174 Å². The van der Waals surface area contributed by atoms with E-state index in [0.29, 0.717) is 0 Å². The maximum absolute atomic E-state index is 6.37. The monoisotopic (exact) mass is 676 g/mol. The smallest absolute Gasteiger partial charge is 0.221 e. The van der Waals surface area contributed by atoms with E-state index in [4.69, 9.17) is 14.4 Å². The first-order chi connectivity index (χ1) is 26.3. The van der Waals surface area contributed by atoms with Gasteiger partial charge < -0.3 is 4.42 Å². The molecule has 53 heavy (non-hydrogen) atoms. The van der Waals surface area contributed by atoms with Crippen LogP contribution in [0.25, 0.3) is 110 Å². The Morgan fingerprint density at radius 3 is 1.83 bits per heavy atom. The van der Waals surface area contributed by atoms with E-state index in [-0.39, 0.29) is 0 Å². The number of furan rings is 1. The van der Waals surface area contributed by atoms with Crippen molar-refractivity contribution in [3.05, 3.63) is 170 Å². The highest BCUT2D eigenvalue weighted by molar-refractivity contribution is 6.22. The van der Waals surface area contributed by atoms with Crippen molar-refractivity contribution in [2.75, 3.05) is 0 Å². The summed E-state index contributed by atoms with van der Waals surface area (Å²) in [6.07, 6.45) is 0. The van der Waals surface area contributed by atoms with E-state index in [0.717, 1.165) is 77.5 Å². The van der Waals surface area contributed by atoms with Crippen molar-refractivity contribution >= 4 is 82.1 Å². The molecular weight excluding hydrogens is 649 g/mol. The molecule has 4 aromatic heterocycles. The van der Waals surface area contributed by atoms with Gasteiger partial charge in [0.05, 0.1) is 27.6 Å². The Morgan fingerprint density at radius 1 is 0.396 bits per heavy atom. The molecule has 0 saturated carbocycles. The van der Waals surface area contributed by atoms with E-state index in [1.807, 2.05) is 12.1 Å². The molecule has 246 valence electrons. The number of hydrogen-bond acceptors (Lipinski definition) is 3. The molecule has 0 atom stereocenters. The van der Waals surface area contributed by atoms with Crippen LogP contribution in [-0.4, -0.2) is 18.9 Å². The molecule has 0 N–H and O–H groups in total. The van der Waals surface area contributed by atoms with Gasteiger partial charge in [0.2, 0.25) is 5.95 Å². The largest absolute Gasteiger partial charge is 0.456 e. The number of para-hydroxylation sites is 4. The minimum Gasteiger partial charge on any atom is -0.456 e. The predicted molar refractivity (Wildman–Crippen MR) is 218 cm³/mol. The summed E-state index contributed by atoms with van der Waals surface area (Å²) in [5, 5.41) is 7.93. The number of imidazole rings is 1. The van der Waals surface area contributed by atoms with Crippen LogP contribution >= 0.6 is 0 Å². The number of rotatable bonds is 3. The van der Waals surface area contributed by atoms with Crippen LogP contribution in [0.3, 0.4) is 0 Å². The average Bonchev–Trinajstić information content (AvgIpc) is 3.90. The third-order valence-corrected chi connectivity index (χ3v) is 10.9. The third kappa shape index (κ3) is 4.02. The Bertz CT molecular complexity index is 3460. The average molecular weight is 677 g/mol. The number of nitrogens with zero attached hydrogens (tertiary/aromatic N) is 4. The molecule has 0 amide bonds. The number of fused-ring (bicyclic) bond motifs is 13. The third-order valence-electron chi connectivity index (χ3n) is 10.9. The molecule has 0 saturated heterocycles. The first-order valence-electron chi connectivity index (χ1n) is 17.9. The van der Waals surface area contributed by atoms with Crippen LogP contribution in [0.1, 0.15) is 0 Å². The molecule has 0 spiro atoms. The van der Waals surface area contributed by atoms with Gasteiger partial charge in [-0.15, -0.1) is 0 Å². The van der Waals surface area contributed by atoms with Gasteiger partial charge in [-0.05, 0) is 88.3 Å². The van der Waals surface area contributed by atoms with Gasteiger partial charge in [0, 0.05) is 32.3 Å². The second-order valence-electron chi connectivity index (χ2n) is 13.8. The van der Waals surface area contributed by atoms with Gasteiger partial charge in [-0.2, -0.15) is 0 Å². The fourth-order valence-corrected chi connectivity index (χ4v) is 8.50. The second kappa shape index (κ2) is 10.6. The van der Waals surface area contributed by atoms with Crippen molar-refractivity contribution in [3.63, 3.8) is 0 Å². The number of hydrogen-bond donors (Lipinski definition) is 0. The first kappa shape index (κ1) is 28.5. The van der Waals surface area contributed by atoms with E-state index < -0.39 is 0 Å². The van der Waals surface area contributed by atoms with Crippen molar-refractivity contribution in [2.45, 2.75) is 0 Å². The standard InChI is InChI=1S/C48H28N4O/c1-2-12-29(13-3-1)30-22-24-44-37(26-30)38-27-31(23-25-45(38)53-44)36-28-39-33-15-7-10-20-42(33)51(46(39)34-16-5-4-14-32(34)36)48-50-40-18-8-6-17-35(40)47-49-41-19-9-11-21-43(41)52(47)48/h1-28H.